The first-order valence-electron chi connectivity index (χ1n) is 6.44. The Morgan fingerprint density at radius 2 is 2.37 bits per heavy atom. The summed E-state index contributed by atoms with van der Waals surface area (Å²) >= 11 is 0. The number of nitrogens with zero attached hydrogens (tertiary/aromatic N) is 1. The molecule has 1 aliphatic rings. The lowest BCUT2D eigenvalue weighted by Crippen LogP contribution is -2.46. The minimum Gasteiger partial charge on any atom is -0.483 e. The van der Waals surface area contributed by atoms with Gasteiger partial charge in [0.15, 0.2) is 6.61 Å². The molecule has 1 aliphatic heterocycles. The smallest absolute Gasteiger partial charge is 0.260 e. The van der Waals surface area contributed by atoms with Crippen LogP contribution in [-0.2, 0) is 9.53 Å². The van der Waals surface area contributed by atoms with Crippen LogP contribution >= 0.6 is 0 Å². The molecule has 1 atom stereocenters. The number of morpholine rings is 1. The molecule has 1 aromatic carbocycles. The molecule has 1 aromatic rings. The predicted octanol–water partition coefficient (Wildman–Crippen LogP) is 1.20. The zero-order chi connectivity index (χ0) is 13.8. The predicted molar refractivity (Wildman–Crippen MR) is 73.1 cm³/mol. The van der Waals surface area contributed by atoms with E-state index in [2.05, 4.69) is 0 Å². The number of ether oxygens (including phenoxy) is 2. The number of carbonyl (C=O) groups excluding carboxylic acids is 1. The van der Waals surface area contributed by atoms with Crippen molar-refractivity contribution in [3.05, 3.63) is 23.8 Å². The Kier molecular flexibility index (Phi) is 4.27. The highest BCUT2D eigenvalue weighted by molar-refractivity contribution is 5.78. The maximum Gasteiger partial charge on any atom is 0.260 e. The molecule has 1 amide bonds. The van der Waals surface area contributed by atoms with Gasteiger partial charge in [-0.05, 0) is 37.6 Å². The van der Waals surface area contributed by atoms with Crippen molar-refractivity contribution in [3.63, 3.8) is 0 Å². The minimum atomic E-state index is -0.00799. The third-order valence-electron chi connectivity index (χ3n) is 3.14. The zero-order valence-electron chi connectivity index (χ0n) is 11.4. The van der Waals surface area contributed by atoms with E-state index < -0.39 is 0 Å². The lowest BCUT2D eigenvalue weighted by molar-refractivity contribution is -0.140. The topological polar surface area (TPSA) is 64.8 Å². The second kappa shape index (κ2) is 5.93. The molecule has 0 radical (unpaired) electrons. The minimum absolute atomic E-state index is 0.00799. The van der Waals surface area contributed by atoms with Gasteiger partial charge in [-0.3, -0.25) is 4.79 Å². The van der Waals surface area contributed by atoms with E-state index in [1.165, 1.54) is 0 Å². The van der Waals surface area contributed by atoms with Crippen molar-refractivity contribution in [2.45, 2.75) is 20.0 Å². The van der Waals surface area contributed by atoms with Crippen LogP contribution in [0.2, 0.25) is 0 Å². The van der Waals surface area contributed by atoms with Crippen molar-refractivity contribution in [1.29, 1.82) is 0 Å². The lowest BCUT2D eigenvalue weighted by atomic mass is 10.2. The monoisotopic (exact) mass is 264 g/mol. The number of nitrogens with two attached hydrogens (primary N) is 1. The van der Waals surface area contributed by atoms with Gasteiger partial charge in [0.25, 0.3) is 5.91 Å². The van der Waals surface area contributed by atoms with Crippen LogP contribution in [0.25, 0.3) is 0 Å². The highest BCUT2D eigenvalue weighted by Gasteiger charge is 2.21. The number of amides is 1. The molecule has 1 unspecified atom stereocenters. The molecule has 2 N–H and O–H groups in total. The Hall–Kier alpha value is -1.75. The molecule has 5 nitrogen and oxygen atoms in total. The van der Waals surface area contributed by atoms with E-state index in [0.29, 0.717) is 31.1 Å². The molecule has 1 fully saturated rings. The van der Waals surface area contributed by atoms with E-state index in [1.54, 1.807) is 17.0 Å². The molecule has 0 aromatic heterocycles. The van der Waals surface area contributed by atoms with Crippen molar-refractivity contribution in [3.8, 4) is 5.75 Å². The van der Waals surface area contributed by atoms with Gasteiger partial charge in [0.05, 0.1) is 12.7 Å². The van der Waals surface area contributed by atoms with Crippen molar-refractivity contribution in [2.24, 2.45) is 0 Å². The fraction of sp³-hybridized carbons (Fsp3) is 0.500. The average molecular weight is 264 g/mol. The van der Waals surface area contributed by atoms with Crippen LogP contribution in [0, 0.1) is 6.92 Å². The van der Waals surface area contributed by atoms with Gasteiger partial charge in [-0.2, -0.15) is 0 Å². The Labute approximate surface area is 113 Å². The number of carbonyl (C=O) groups is 1. The number of aryl methyl sites for hydroxylation is 1. The van der Waals surface area contributed by atoms with E-state index in [4.69, 9.17) is 15.2 Å². The molecule has 5 heteroatoms. The molecule has 0 aliphatic carbocycles. The molecule has 2 rings (SSSR count). The summed E-state index contributed by atoms with van der Waals surface area (Å²) in [4.78, 5) is 13.8. The van der Waals surface area contributed by atoms with Gasteiger partial charge in [-0.1, -0.05) is 0 Å². The van der Waals surface area contributed by atoms with Gasteiger partial charge in [-0.25, -0.2) is 0 Å². The van der Waals surface area contributed by atoms with E-state index in [0.717, 1.165) is 5.56 Å². The summed E-state index contributed by atoms with van der Waals surface area (Å²) in [6.45, 7) is 5.78. The summed E-state index contributed by atoms with van der Waals surface area (Å²) < 4.78 is 11.0. The number of benzene rings is 1. The fourth-order valence-corrected chi connectivity index (χ4v) is 2.11. The zero-order valence-corrected chi connectivity index (χ0v) is 11.4. The van der Waals surface area contributed by atoms with Crippen molar-refractivity contribution >= 4 is 11.6 Å². The summed E-state index contributed by atoms with van der Waals surface area (Å²) in [5, 5.41) is 0. The maximum atomic E-state index is 12.0. The number of nitrogen functional groups attached to an aromatic ring is 1. The van der Waals surface area contributed by atoms with E-state index in [1.807, 2.05) is 19.9 Å². The normalized spacial score (nSPS) is 19.3. The van der Waals surface area contributed by atoms with Crippen LogP contribution in [0.3, 0.4) is 0 Å². The van der Waals surface area contributed by atoms with Crippen molar-refractivity contribution in [1.82, 2.24) is 4.90 Å². The van der Waals surface area contributed by atoms with Gasteiger partial charge in [-0.15, -0.1) is 0 Å². The van der Waals surface area contributed by atoms with Crippen LogP contribution in [-0.4, -0.2) is 43.2 Å². The van der Waals surface area contributed by atoms with Crippen LogP contribution in [0.1, 0.15) is 12.5 Å². The van der Waals surface area contributed by atoms with Gasteiger partial charge >= 0.3 is 0 Å². The summed E-state index contributed by atoms with van der Waals surface area (Å²) in [6, 6.07) is 5.39. The molecular formula is C14H20N2O3. The average Bonchev–Trinajstić information content (AvgIpc) is 2.37. The highest BCUT2D eigenvalue weighted by Crippen LogP contribution is 2.20. The molecule has 0 bridgehead atoms. The number of rotatable bonds is 3. The van der Waals surface area contributed by atoms with Gasteiger partial charge in [0.2, 0.25) is 0 Å². The third kappa shape index (κ3) is 3.61. The number of anilines is 1. The van der Waals surface area contributed by atoms with E-state index >= 15 is 0 Å². The Bertz CT molecular complexity index is 462. The van der Waals surface area contributed by atoms with E-state index in [-0.39, 0.29) is 18.6 Å². The molecule has 0 spiro atoms. The summed E-state index contributed by atoms with van der Waals surface area (Å²) in [6.07, 6.45) is 0.0935. The first-order valence-corrected chi connectivity index (χ1v) is 6.44. The SMILES string of the molecule is Cc1cc(N)ccc1OCC(=O)N1CCOC(C)C1. The van der Waals surface area contributed by atoms with Crippen LogP contribution in [0.5, 0.6) is 5.75 Å². The number of hydrogen-bond acceptors (Lipinski definition) is 4. The molecule has 1 saturated heterocycles. The number of hydrogen-bond donors (Lipinski definition) is 1. The van der Waals surface area contributed by atoms with Crippen LogP contribution in [0.15, 0.2) is 18.2 Å². The summed E-state index contributed by atoms with van der Waals surface area (Å²) in [7, 11) is 0. The molecule has 104 valence electrons. The summed E-state index contributed by atoms with van der Waals surface area (Å²) in [5.41, 5.74) is 7.30. The Balaban J connectivity index is 1.89. The quantitative estimate of drug-likeness (QED) is 0.833. The first-order chi connectivity index (χ1) is 9.06. The van der Waals surface area contributed by atoms with Crippen LogP contribution in [0.4, 0.5) is 5.69 Å². The largest absolute Gasteiger partial charge is 0.483 e. The molecular weight excluding hydrogens is 244 g/mol. The maximum absolute atomic E-state index is 12.0. The second-order valence-corrected chi connectivity index (χ2v) is 4.83. The molecule has 19 heavy (non-hydrogen) atoms. The Morgan fingerprint density at radius 3 is 3.05 bits per heavy atom. The Morgan fingerprint density at radius 1 is 1.58 bits per heavy atom. The van der Waals surface area contributed by atoms with Crippen molar-refractivity contribution in [2.75, 3.05) is 32.0 Å². The molecule has 0 saturated carbocycles. The highest BCUT2D eigenvalue weighted by atomic mass is 16.5. The fourth-order valence-electron chi connectivity index (χ4n) is 2.11. The van der Waals surface area contributed by atoms with E-state index in [9.17, 15) is 4.79 Å². The lowest BCUT2D eigenvalue weighted by Gasteiger charge is -2.31. The standard InChI is InChI=1S/C14H20N2O3/c1-10-7-12(15)3-4-13(10)19-9-14(17)16-5-6-18-11(2)8-16/h3-4,7,11H,5-6,8-9,15H2,1-2H3. The summed E-state index contributed by atoms with van der Waals surface area (Å²) in [5.74, 6) is 0.690. The first kappa shape index (κ1) is 13.7. The molecule has 1 heterocycles. The van der Waals surface area contributed by atoms with Crippen LogP contribution < -0.4 is 10.5 Å². The van der Waals surface area contributed by atoms with Gasteiger partial charge in [0, 0.05) is 18.8 Å². The second-order valence-electron chi connectivity index (χ2n) is 4.83. The van der Waals surface area contributed by atoms with Gasteiger partial charge < -0.3 is 20.1 Å². The van der Waals surface area contributed by atoms with Crippen molar-refractivity contribution < 1.29 is 14.3 Å². The van der Waals surface area contributed by atoms with Gasteiger partial charge in [0.1, 0.15) is 5.75 Å². The third-order valence-corrected chi connectivity index (χ3v) is 3.14.